The van der Waals surface area contributed by atoms with Crippen LogP contribution in [0.3, 0.4) is 0 Å². The number of nitrogens with zero attached hydrogens (tertiary/aromatic N) is 2. The zero-order valence-corrected chi connectivity index (χ0v) is 12.8. The third kappa shape index (κ3) is 3.72. The molecule has 0 bridgehead atoms. The van der Waals surface area contributed by atoms with Gasteiger partial charge in [-0.1, -0.05) is 19.1 Å². The van der Waals surface area contributed by atoms with Gasteiger partial charge in [0.2, 0.25) is 0 Å². The lowest BCUT2D eigenvalue weighted by atomic mass is 10.2. The average molecular weight is 303 g/mol. The second-order valence-corrected chi connectivity index (χ2v) is 5.51. The van der Waals surface area contributed by atoms with E-state index in [1.54, 1.807) is 18.7 Å². The first-order chi connectivity index (χ1) is 10.2. The van der Waals surface area contributed by atoms with Crippen molar-refractivity contribution in [1.82, 2.24) is 9.97 Å². The summed E-state index contributed by atoms with van der Waals surface area (Å²) < 4.78 is 4.90. The molecule has 0 aliphatic carbocycles. The highest BCUT2D eigenvalue weighted by Gasteiger charge is 2.14. The van der Waals surface area contributed by atoms with Gasteiger partial charge in [-0.3, -0.25) is 0 Å². The Morgan fingerprint density at radius 1 is 1.29 bits per heavy atom. The molecule has 2 N–H and O–H groups in total. The summed E-state index contributed by atoms with van der Waals surface area (Å²) in [5.41, 5.74) is 6.86. The minimum Gasteiger partial charge on any atom is -0.462 e. The highest BCUT2D eigenvalue weighted by atomic mass is 32.2. The average Bonchev–Trinajstić information content (AvgIpc) is 2.48. The molecular weight excluding hydrogens is 286 g/mol. The van der Waals surface area contributed by atoms with Crippen molar-refractivity contribution >= 4 is 23.5 Å². The van der Waals surface area contributed by atoms with Gasteiger partial charge in [0.05, 0.1) is 6.61 Å². The number of hydrogen-bond acceptors (Lipinski definition) is 6. The van der Waals surface area contributed by atoms with Gasteiger partial charge in [-0.25, -0.2) is 14.8 Å². The van der Waals surface area contributed by atoms with Crippen molar-refractivity contribution < 1.29 is 9.53 Å². The Labute approximate surface area is 127 Å². The number of esters is 1. The second kappa shape index (κ2) is 7.08. The van der Waals surface area contributed by atoms with E-state index >= 15 is 0 Å². The molecule has 1 aromatic heterocycles. The fourth-order valence-electron chi connectivity index (χ4n) is 1.77. The summed E-state index contributed by atoms with van der Waals surface area (Å²) in [6.45, 7) is 4.13. The summed E-state index contributed by atoms with van der Waals surface area (Å²) >= 11 is 1.77. The maximum absolute atomic E-state index is 11.6. The molecule has 0 fully saturated rings. The molecule has 2 rings (SSSR count). The lowest BCUT2D eigenvalue weighted by Gasteiger charge is -2.06. The van der Waals surface area contributed by atoms with Crippen molar-refractivity contribution in [2.45, 2.75) is 18.7 Å². The normalized spacial score (nSPS) is 10.4. The molecule has 0 saturated carbocycles. The SMILES string of the molecule is CCOC(=O)c1cnc(-c2ccc(SCC)cc2)nc1N. The lowest BCUT2D eigenvalue weighted by molar-refractivity contribution is 0.0527. The summed E-state index contributed by atoms with van der Waals surface area (Å²) in [5, 5.41) is 0. The maximum atomic E-state index is 11.6. The van der Waals surface area contributed by atoms with Crippen molar-refractivity contribution in [3.8, 4) is 11.4 Å². The smallest absolute Gasteiger partial charge is 0.343 e. The fraction of sp³-hybridized carbons (Fsp3) is 0.267. The zero-order chi connectivity index (χ0) is 15.2. The Hall–Kier alpha value is -2.08. The van der Waals surface area contributed by atoms with Gasteiger partial charge in [-0.15, -0.1) is 11.8 Å². The van der Waals surface area contributed by atoms with Crippen LogP contribution < -0.4 is 5.73 Å². The molecule has 0 amide bonds. The maximum Gasteiger partial charge on any atom is 0.343 e. The molecule has 21 heavy (non-hydrogen) atoms. The molecule has 1 aromatic carbocycles. The Bertz CT molecular complexity index is 629. The van der Waals surface area contributed by atoms with Crippen molar-refractivity contribution in [1.29, 1.82) is 0 Å². The van der Waals surface area contributed by atoms with E-state index < -0.39 is 5.97 Å². The van der Waals surface area contributed by atoms with Crippen LogP contribution in [-0.2, 0) is 4.74 Å². The van der Waals surface area contributed by atoms with Gasteiger partial charge < -0.3 is 10.5 Å². The van der Waals surface area contributed by atoms with Gasteiger partial charge in [-0.2, -0.15) is 0 Å². The molecule has 2 aromatic rings. The Balaban J connectivity index is 2.25. The first kappa shape index (κ1) is 15.3. The number of nitrogens with two attached hydrogens (primary N) is 1. The molecule has 0 spiro atoms. The third-order valence-electron chi connectivity index (χ3n) is 2.74. The number of carbonyl (C=O) groups excluding carboxylic acids is 1. The van der Waals surface area contributed by atoms with Crippen molar-refractivity contribution in [2.75, 3.05) is 18.1 Å². The first-order valence-electron chi connectivity index (χ1n) is 6.68. The quantitative estimate of drug-likeness (QED) is 0.675. The van der Waals surface area contributed by atoms with Crippen molar-refractivity contribution in [3.63, 3.8) is 0 Å². The number of rotatable bonds is 5. The number of carbonyl (C=O) groups is 1. The van der Waals surface area contributed by atoms with Crippen molar-refractivity contribution in [2.24, 2.45) is 0 Å². The monoisotopic (exact) mass is 303 g/mol. The highest BCUT2D eigenvalue weighted by Crippen LogP contribution is 2.23. The van der Waals surface area contributed by atoms with Gasteiger partial charge in [0.1, 0.15) is 11.4 Å². The van der Waals surface area contributed by atoms with Crippen LogP contribution in [-0.4, -0.2) is 28.3 Å². The molecule has 0 atom stereocenters. The van der Waals surface area contributed by atoms with Gasteiger partial charge in [0.15, 0.2) is 5.82 Å². The number of thioether (sulfide) groups is 1. The van der Waals surface area contributed by atoms with Crippen LogP contribution in [0.2, 0.25) is 0 Å². The molecule has 0 aliphatic rings. The van der Waals surface area contributed by atoms with Gasteiger partial charge in [0, 0.05) is 16.7 Å². The number of benzene rings is 1. The molecule has 1 heterocycles. The minimum absolute atomic E-state index is 0.130. The fourth-order valence-corrected chi connectivity index (χ4v) is 2.43. The molecule has 0 aliphatic heterocycles. The van der Waals surface area contributed by atoms with Crippen LogP contribution in [0.5, 0.6) is 0 Å². The van der Waals surface area contributed by atoms with E-state index in [9.17, 15) is 4.79 Å². The number of hydrogen-bond donors (Lipinski definition) is 1. The lowest BCUT2D eigenvalue weighted by Crippen LogP contribution is -2.10. The van der Waals surface area contributed by atoms with Crippen LogP contribution in [0.25, 0.3) is 11.4 Å². The molecule has 6 heteroatoms. The number of ether oxygens (including phenoxy) is 1. The third-order valence-corrected chi connectivity index (χ3v) is 3.63. The van der Waals surface area contributed by atoms with E-state index in [2.05, 4.69) is 16.9 Å². The Morgan fingerprint density at radius 3 is 2.57 bits per heavy atom. The molecule has 5 nitrogen and oxygen atoms in total. The summed E-state index contributed by atoms with van der Waals surface area (Å²) in [7, 11) is 0. The van der Waals surface area contributed by atoms with Crippen LogP contribution in [0.15, 0.2) is 35.4 Å². The second-order valence-electron chi connectivity index (χ2n) is 4.17. The summed E-state index contributed by atoms with van der Waals surface area (Å²) in [6, 6.07) is 7.91. The number of nitrogen functional groups attached to an aromatic ring is 1. The summed E-state index contributed by atoms with van der Waals surface area (Å²) in [5.74, 6) is 1.15. The van der Waals surface area contributed by atoms with E-state index in [-0.39, 0.29) is 18.0 Å². The van der Waals surface area contributed by atoms with E-state index in [4.69, 9.17) is 10.5 Å². The topological polar surface area (TPSA) is 78.1 Å². The Morgan fingerprint density at radius 2 is 2.00 bits per heavy atom. The number of aromatic nitrogens is 2. The van der Waals surface area contributed by atoms with Crippen LogP contribution >= 0.6 is 11.8 Å². The zero-order valence-electron chi connectivity index (χ0n) is 12.0. The van der Waals surface area contributed by atoms with E-state index in [0.717, 1.165) is 11.3 Å². The molecular formula is C15H17N3O2S. The minimum atomic E-state index is -0.503. The summed E-state index contributed by atoms with van der Waals surface area (Å²) in [6.07, 6.45) is 1.41. The number of anilines is 1. The summed E-state index contributed by atoms with van der Waals surface area (Å²) in [4.78, 5) is 21.2. The largest absolute Gasteiger partial charge is 0.462 e. The molecule has 110 valence electrons. The first-order valence-corrected chi connectivity index (χ1v) is 7.67. The molecule has 0 saturated heterocycles. The highest BCUT2D eigenvalue weighted by molar-refractivity contribution is 7.99. The van der Waals surface area contributed by atoms with E-state index in [0.29, 0.717) is 5.82 Å². The van der Waals surface area contributed by atoms with E-state index in [1.807, 2.05) is 24.3 Å². The van der Waals surface area contributed by atoms with Crippen LogP contribution in [0, 0.1) is 0 Å². The standard InChI is InChI=1S/C15H17N3O2S/c1-3-20-15(19)12-9-17-14(18-13(12)16)10-5-7-11(8-6-10)21-4-2/h5-9H,3-4H2,1-2H3,(H2,16,17,18). The van der Waals surface area contributed by atoms with Crippen molar-refractivity contribution in [3.05, 3.63) is 36.0 Å². The van der Waals surface area contributed by atoms with Crippen LogP contribution in [0.4, 0.5) is 5.82 Å². The predicted molar refractivity (Wildman–Crippen MR) is 84.2 cm³/mol. The Kier molecular flexibility index (Phi) is 5.16. The van der Waals surface area contributed by atoms with Gasteiger partial charge in [-0.05, 0) is 24.8 Å². The van der Waals surface area contributed by atoms with E-state index in [1.165, 1.54) is 11.1 Å². The molecule has 0 radical (unpaired) electrons. The van der Waals surface area contributed by atoms with Gasteiger partial charge >= 0.3 is 5.97 Å². The molecule has 0 unspecified atom stereocenters. The van der Waals surface area contributed by atoms with Crippen LogP contribution in [0.1, 0.15) is 24.2 Å². The predicted octanol–water partition coefficient (Wildman–Crippen LogP) is 3.01. The van der Waals surface area contributed by atoms with Gasteiger partial charge in [0.25, 0.3) is 0 Å².